The minimum Gasteiger partial charge on any atom is -0.502 e. The van der Waals surface area contributed by atoms with E-state index in [0.717, 1.165) is 19.4 Å². The molecule has 0 aromatic carbocycles. The molecule has 0 saturated carbocycles. The molecule has 1 aromatic rings. The molecular weight excluding hydrogens is 242 g/mol. The van der Waals surface area contributed by atoms with E-state index in [1.165, 1.54) is 31.9 Å². The first-order valence-corrected chi connectivity index (χ1v) is 7.04. The van der Waals surface area contributed by atoms with Crippen molar-refractivity contribution in [3.05, 3.63) is 23.5 Å². The molecule has 1 heterocycles. The third-order valence-corrected chi connectivity index (χ3v) is 3.31. The number of hydrogen-bond acceptors (Lipinski definition) is 3. The first-order valence-electron chi connectivity index (χ1n) is 7.04. The maximum Gasteiger partial charge on any atom is 0.211 e. The minimum atomic E-state index is -0.128. The van der Waals surface area contributed by atoms with Crippen LogP contribution in [0.1, 0.15) is 61.5 Å². The number of rotatable bonds is 9. The van der Waals surface area contributed by atoms with Gasteiger partial charge in [-0.2, -0.15) is 4.57 Å². The Morgan fingerprint density at radius 3 is 2.53 bits per heavy atom. The fourth-order valence-electron chi connectivity index (χ4n) is 2.14. The fourth-order valence-corrected chi connectivity index (χ4v) is 2.14. The number of aldehydes is 1. The van der Waals surface area contributed by atoms with Crippen molar-refractivity contribution in [3.63, 3.8) is 0 Å². The summed E-state index contributed by atoms with van der Waals surface area (Å²) in [6.45, 7) is 2.83. The summed E-state index contributed by atoms with van der Waals surface area (Å²) in [5.74, 6) is -0.0295. The molecule has 0 spiro atoms. The molecule has 0 fully saturated rings. The molecule has 0 atom stereocenters. The molecule has 0 bridgehead atoms. The molecule has 0 aliphatic carbocycles. The van der Waals surface area contributed by atoms with Gasteiger partial charge in [-0.3, -0.25) is 4.79 Å². The second-order valence-corrected chi connectivity index (χ2v) is 4.84. The molecular formula is C15H24NO3+. The summed E-state index contributed by atoms with van der Waals surface area (Å²) >= 11 is 0. The lowest BCUT2D eigenvalue weighted by atomic mass is 10.1. The van der Waals surface area contributed by atoms with Crippen molar-refractivity contribution in [1.29, 1.82) is 0 Å². The molecule has 0 aliphatic heterocycles. The molecule has 0 aliphatic rings. The molecule has 0 saturated heterocycles. The highest BCUT2D eigenvalue weighted by Gasteiger charge is 2.14. The zero-order valence-corrected chi connectivity index (χ0v) is 11.6. The van der Waals surface area contributed by atoms with Crippen LogP contribution >= 0.6 is 0 Å². The highest BCUT2D eigenvalue weighted by atomic mass is 16.3. The van der Waals surface area contributed by atoms with Gasteiger partial charge in [-0.1, -0.05) is 32.6 Å². The lowest BCUT2D eigenvalue weighted by molar-refractivity contribution is -0.706. The molecule has 0 radical (unpaired) electrons. The number of aryl methyl sites for hydroxylation is 1. The lowest BCUT2D eigenvalue weighted by Crippen LogP contribution is -2.38. The standard InChI is InChI=1S/C15H23NO3/c1-2-3-4-5-6-7-8-16-10-15(19)13(11-17)9-14(16)12-18/h9-11,18H,2-8,12H2,1H3/p+1. The molecule has 4 heteroatoms. The number of aromatic hydroxyl groups is 1. The average Bonchev–Trinajstić information content (AvgIpc) is 2.43. The van der Waals surface area contributed by atoms with Crippen molar-refractivity contribution in [1.82, 2.24) is 0 Å². The van der Waals surface area contributed by atoms with Gasteiger partial charge in [0, 0.05) is 12.5 Å². The summed E-state index contributed by atoms with van der Waals surface area (Å²) in [6, 6.07) is 1.54. The fraction of sp³-hybridized carbons (Fsp3) is 0.600. The van der Waals surface area contributed by atoms with E-state index in [0.29, 0.717) is 12.0 Å². The number of aromatic nitrogens is 1. The molecule has 1 aromatic heterocycles. The number of pyridine rings is 1. The van der Waals surface area contributed by atoms with Gasteiger partial charge in [0.05, 0.1) is 5.56 Å². The zero-order chi connectivity index (χ0) is 14.1. The number of nitrogens with zero attached hydrogens (tertiary/aromatic N) is 1. The van der Waals surface area contributed by atoms with E-state index in [1.54, 1.807) is 6.07 Å². The number of carbonyl (C=O) groups is 1. The number of aliphatic hydroxyl groups excluding tert-OH is 1. The van der Waals surface area contributed by atoms with Gasteiger partial charge in [-0.15, -0.1) is 0 Å². The van der Waals surface area contributed by atoms with E-state index in [1.807, 2.05) is 4.57 Å². The average molecular weight is 266 g/mol. The van der Waals surface area contributed by atoms with E-state index in [9.17, 15) is 15.0 Å². The maximum absolute atomic E-state index is 10.7. The summed E-state index contributed by atoms with van der Waals surface area (Å²) < 4.78 is 1.82. The van der Waals surface area contributed by atoms with Crippen LogP contribution < -0.4 is 4.57 Å². The van der Waals surface area contributed by atoms with Gasteiger partial charge in [-0.05, 0) is 6.42 Å². The number of carbonyl (C=O) groups excluding carboxylic acids is 1. The maximum atomic E-state index is 10.7. The minimum absolute atomic E-state index is 0.0295. The molecule has 4 nitrogen and oxygen atoms in total. The van der Waals surface area contributed by atoms with Crippen LogP contribution in [0.4, 0.5) is 0 Å². The van der Waals surface area contributed by atoms with Crippen molar-refractivity contribution >= 4 is 6.29 Å². The number of unbranched alkanes of at least 4 members (excludes halogenated alkanes) is 5. The van der Waals surface area contributed by atoms with Gasteiger partial charge in [0.25, 0.3) is 0 Å². The normalized spacial score (nSPS) is 10.6. The SMILES string of the molecule is CCCCCCCC[n+]1cc(O)c(C=O)cc1CO. The van der Waals surface area contributed by atoms with E-state index < -0.39 is 0 Å². The highest BCUT2D eigenvalue weighted by molar-refractivity contribution is 5.78. The summed E-state index contributed by atoms with van der Waals surface area (Å²) in [5, 5.41) is 18.9. The smallest absolute Gasteiger partial charge is 0.211 e. The Labute approximate surface area is 114 Å². The molecule has 2 N–H and O–H groups in total. The van der Waals surface area contributed by atoms with Gasteiger partial charge in [-0.25, -0.2) is 0 Å². The summed E-state index contributed by atoms with van der Waals surface area (Å²) in [6.07, 6.45) is 9.30. The van der Waals surface area contributed by atoms with Crippen molar-refractivity contribution < 1.29 is 19.6 Å². The monoisotopic (exact) mass is 266 g/mol. The number of aliphatic hydroxyl groups is 1. The van der Waals surface area contributed by atoms with Crippen LogP contribution in [-0.4, -0.2) is 16.5 Å². The van der Waals surface area contributed by atoms with E-state index in [2.05, 4.69) is 6.92 Å². The Kier molecular flexibility index (Phi) is 7.11. The first-order chi connectivity index (χ1) is 9.22. The van der Waals surface area contributed by atoms with E-state index in [-0.39, 0.29) is 17.9 Å². The van der Waals surface area contributed by atoms with Crippen molar-refractivity contribution in [2.24, 2.45) is 0 Å². The van der Waals surface area contributed by atoms with Crippen LogP contribution in [0, 0.1) is 0 Å². The Balaban J connectivity index is 2.53. The van der Waals surface area contributed by atoms with Crippen LogP contribution in [0.3, 0.4) is 0 Å². The molecule has 0 amide bonds. The van der Waals surface area contributed by atoms with Gasteiger partial charge < -0.3 is 10.2 Å². The van der Waals surface area contributed by atoms with Crippen LogP contribution in [0.15, 0.2) is 12.3 Å². The third kappa shape index (κ3) is 4.99. The lowest BCUT2D eigenvalue weighted by Gasteiger charge is -2.04. The topological polar surface area (TPSA) is 61.4 Å². The molecule has 1 rings (SSSR count). The second kappa shape index (κ2) is 8.64. The van der Waals surface area contributed by atoms with E-state index in [4.69, 9.17) is 0 Å². The Hall–Kier alpha value is -1.42. The van der Waals surface area contributed by atoms with Crippen molar-refractivity contribution in [3.8, 4) is 5.75 Å². The highest BCUT2D eigenvalue weighted by Crippen LogP contribution is 2.13. The Morgan fingerprint density at radius 1 is 1.21 bits per heavy atom. The van der Waals surface area contributed by atoms with Gasteiger partial charge in [0.2, 0.25) is 11.9 Å². The molecule has 106 valence electrons. The third-order valence-electron chi connectivity index (χ3n) is 3.31. The van der Waals surface area contributed by atoms with Crippen LogP contribution in [0.2, 0.25) is 0 Å². The summed E-state index contributed by atoms with van der Waals surface area (Å²) in [4.78, 5) is 10.7. The molecule has 0 unspecified atom stereocenters. The number of hydrogen-bond donors (Lipinski definition) is 2. The zero-order valence-electron chi connectivity index (χ0n) is 11.6. The van der Waals surface area contributed by atoms with Gasteiger partial charge >= 0.3 is 0 Å². The Bertz CT molecular complexity index is 405. The first kappa shape index (κ1) is 15.6. The summed E-state index contributed by atoms with van der Waals surface area (Å²) in [7, 11) is 0. The van der Waals surface area contributed by atoms with Crippen LogP contribution in [0.5, 0.6) is 5.75 Å². The van der Waals surface area contributed by atoms with Crippen molar-refractivity contribution in [2.45, 2.75) is 58.6 Å². The molecule has 19 heavy (non-hydrogen) atoms. The van der Waals surface area contributed by atoms with Crippen molar-refractivity contribution in [2.75, 3.05) is 0 Å². The largest absolute Gasteiger partial charge is 0.502 e. The van der Waals surface area contributed by atoms with Gasteiger partial charge in [0.15, 0.2) is 12.0 Å². The van der Waals surface area contributed by atoms with Crippen LogP contribution in [-0.2, 0) is 13.2 Å². The summed E-state index contributed by atoms with van der Waals surface area (Å²) in [5.41, 5.74) is 0.886. The quantitative estimate of drug-likeness (QED) is 0.410. The van der Waals surface area contributed by atoms with Crippen LogP contribution in [0.25, 0.3) is 0 Å². The Morgan fingerprint density at radius 2 is 1.89 bits per heavy atom. The second-order valence-electron chi connectivity index (χ2n) is 4.84. The predicted molar refractivity (Wildman–Crippen MR) is 73.0 cm³/mol. The predicted octanol–water partition coefficient (Wildman–Crippen LogP) is 2.35. The van der Waals surface area contributed by atoms with E-state index >= 15 is 0 Å². The van der Waals surface area contributed by atoms with Gasteiger partial charge in [0.1, 0.15) is 13.2 Å².